The van der Waals surface area contributed by atoms with E-state index < -0.39 is 0 Å². The Morgan fingerprint density at radius 3 is 2.60 bits per heavy atom. The van der Waals surface area contributed by atoms with E-state index in [0.717, 1.165) is 5.69 Å². The van der Waals surface area contributed by atoms with Gasteiger partial charge in [-0.05, 0) is 54.6 Å². The van der Waals surface area contributed by atoms with Gasteiger partial charge in [0.25, 0.3) is 0 Å². The molecule has 3 aromatic carbocycles. The maximum Gasteiger partial charge on any atom is 0.234 e. The summed E-state index contributed by atoms with van der Waals surface area (Å²) < 4.78 is 13.0. The smallest absolute Gasteiger partial charge is 0.234 e. The molecule has 1 aromatic heterocycles. The Hall–Kier alpha value is -4.00. The average Bonchev–Trinajstić information content (AvgIpc) is 3.30. The predicted octanol–water partition coefficient (Wildman–Crippen LogP) is 5.11. The third kappa shape index (κ3) is 6.12. The van der Waals surface area contributed by atoms with Gasteiger partial charge in [-0.2, -0.15) is 5.26 Å². The predicted molar refractivity (Wildman–Crippen MR) is 134 cm³/mol. The monoisotopic (exact) mass is 505 g/mol. The Labute approximate surface area is 211 Å². The van der Waals surface area contributed by atoms with Crippen molar-refractivity contribution < 1.29 is 14.3 Å². The van der Waals surface area contributed by atoms with E-state index in [9.17, 15) is 4.79 Å². The Morgan fingerprint density at radius 1 is 1.11 bits per heavy atom. The molecule has 0 radical (unpaired) electrons. The van der Waals surface area contributed by atoms with Crippen molar-refractivity contribution >= 4 is 35.0 Å². The van der Waals surface area contributed by atoms with Crippen molar-refractivity contribution in [3.63, 3.8) is 0 Å². The molecule has 35 heavy (non-hydrogen) atoms. The van der Waals surface area contributed by atoms with Crippen LogP contribution in [-0.4, -0.2) is 33.5 Å². The Balaban J connectivity index is 1.49. The van der Waals surface area contributed by atoms with Crippen LogP contribution < -0.4 is 14.8 Å². The number of nitriles is 1. The van der Waals surface area contributed by atoms with E-state index in [1.54, 1.807) is 42.5 Å². The zero-order valence-electron chi connectivity index (χ0n) is 18.6. The Kier molecular flexibility index (Phi) is 7.88. The van der Waals surface area contributed by atoms with E-state index in [-0.39, 0.29) is 18.3 Å². The molecule has 0 aliphatic rings. The highest BCUT2D eigenvalue weighted by molar-refractivity contribution is 7.99. The van der Waals surface area contributed by atoms with Crippen molar-refractivity contribution in [2.24, 2.45) is 0 Å². The highest BCUT2D eigenvalue weighted by atomic mass is 35.5. The standard InChI is InChI=1S/C25H20ClN5O3S/c1-33-22-12-9-18(26)13-21(22)28-24(32)16-35-25-30-29-23(31(25)19-5-3-2-4-6-19)15-34-20-10-7-17(14-27)8-11-20/h2-13H,15-16H2,1H3,(H,28,32). The fourth-order valence-corrected chi connectivity index (χ4v) is 4.13. The summed E-state index contributed by atoms with van der Waals surface area (Å²) in [7, 11) is 1.53. The van der Waals surface area contributed by atoms with E-state index in [1.165, 1.54) is 18.9 Å². The first-order valence-corrected chi connectivity index (χ1v) is 11.8. The summed E-state index contributed by atoms with van der Waals surface area (Å²) in [6, 6.07) is 23.5. The number of nitrogens with one attached hydrogen (secondary N) is 1. The molecule has 1 amide bonds. The van der Waals surface area contributed by atoms with Gasteiger partial charge in [-0.25, -0.2) is 0 Å². The first kappa shape index (κ1) is 24.1. The number of ether oxygens (including phenoxy) is 2. The lowest BCUT2D eigenvalue weighted by Crippen LogP contribution is -2.15. The molecule has 176 valence electrons. The van der Waals surface area contributed by atoms with E-state index in [1.807, 2.05) is 34.9 Å². The number of aromatic nitrogens is 3. The van der Waals surface area contributed by atoms with Gasteiger partial charge in [0.1, 0.15) is 18.1 Å². The molecule has 1 N–H and O–H groups in total. The summed E-state index contributed by atoms with van der Waals surface area (Å²) in [4.78, 5) is 12.6. The number of hydrogen-bond donors (Lipinski definition) is 1. The molecule has 0 aliphatic heterocycles. The molecule has 0 fully saturated rings. The van der Waals surface area contributed by atoms with Gasteiger partial charge in [0.2, 0.25) is 5.91 Å². The lowest BCUT2D eigenvalue weighted by atomic mass is 10.2. The second-order valence-corrected chi connectivity index (χ2v) is 8.56. The molecule has 8 nitrogen and oxygen atoms in total. The number of methoxy groups -OCH3 is 1. The van der Waals surface area contributed by atoms with Crippen molar-refractivity contribution in [1.29, 1.82) is 5.26 Å². The van der Waals surface area contributed by atoms with Crippen molar-refractivity contribution in [3.05, 3.63) is 89.2 Å². The normalized spacial score (nSPS) is 10.4. The molecule has 0 saturated heterocycles. The quantitative estimate of drug-likeness (QED) is 0.315. The largest absolute Gasteiger partial charge is 0.495 e. The molecular weight excluding hydrogens is 486 g/mol. The van der Waals surface area contributed by atoms with Gasteiger partial charge in [-0.3, -0.25) is 9.36 Å². The number of carbonyl (C=O) groups excluding carboxylic acids is 1. The molecule has 0 atom stereocenters. The van der Waals surface area contributed by atoms with E-state index in [2.05, 4.69) is 21.6 Å². The molecule has 0 unspecified atom stereocenters. The van der Waals surface area contributed by atoms with Gasteiger partial charge >= 0.3 is 0 Å². The van der Waals surface area contributed by atoms with Gasteiger partial charge < -0.3 is 14.8 Å². The first-order chi connectivity index (χ1) is 17.1. The summed E-state index contributed by atoms with van der Waals surface area (Å²) in [5.41, 5.74) is 1.89. The minimum absolute atomic E-state index is 0.0944. The topological polar surface area (TPSA) is 102 Å². The van der Waals surface area contributed by atoms with Gasteiger partial charge in [0.15, 0.2) is 11.0 Å². The van der Waals surface area contributed by atoms with Crippen LogP contribution >= 0.6 is 23.4 Å². The molecular formula is C25H20ClN5O3S. The van der Waals surface area contributed by atoms with Crippen LogP contribution in [0.5, 0.6) is 11.5 Å². The molecule has 4 rings (SSSR count). The number of hydrogen-bond acceptors (Lipinski definition) is 7. The minimum Gasteiger partial charge on any atom is -0.495 e. The zero-order valence-corrected chi connectivity index (χ0v) is 20.2. The highest BCUT2D eigenvalue weighted by Gasteiger charge is 2.17. The lowest BCUT2D eigenvalue weighted by molar-refractivity contribution is -0.113. The van der Waals surface area contributed by atoms with Crippen LogP contribution in [0.15, 0.2) is 78.0 Å². The number of anilines is 1. The number of benzene rings is 3. The maximum atomic E-state index is 12.6. The van der Waals surface area contributed by atoms with Crippen LogP contribution in [0.2, 0.25) is 5.02 Å². The number of halogens is 1. The van der Waals surface area contributed by atoms with Crippen LogP contribution in [0.3, 0.4) is 0 Å². The second kappa shape index (κ2) is 11.4. The number of carbonyl (C=O) groups is 1. The van der Waals surface area contributed by atoms with Gasteiger partial charge in [0, 0.05) is 10.7 Å². The number of nitrogens with zero attached hydrogens (tertiary/aromatic N) is 4. The van der Waals surface area contributed by atoms with Gasteiger partial charge in [-0.15, -0.1) is 10.2 Å². The van der Waals surface area contributed by atoms with Crippen LogP contribution in [0.25, 0.3) is 5.69 Å². The fraction of sp³-hybridized carbons (Fsp3) is 0.120. The number of amides is 1. The first-order valence-electron chi connectivity index (χ1n) is 10.5. The molecule has 0 bridgehead atoms. The number of rotatable bonds is 9. The number of thioether (sulfide) groups is 1. The fourth-order valence-electron chi connectivity index (χ4n) is 3.19. The molecule has 0 aliphatic carbocycles. The number of para-hydroxylation sites is 1. The maximum absolute atomic E-state index is 12.6. The zero-order chi connectivity index (χ0) is 24.6. The summed E-state index contributed by atoms with van der Waals surface area (Å²) in [6.45, 7) is 0.153. The molecule has 0 saturated carbocycles. The van der Waals surface area contributed by atoms with Crippen LogP contribution in [-0.2, 0) is 11.4 Å². The summed E-state index contributed by atoms with van der Waals surface area (Å²) in [5.74, 6) is 1.54. The second-order valence-electron chi connectivity index (χ2n) is 7.18. The van der Waals surface area contributed by atoms with Crippen LogP contribution in [0.4, 0.5) is 5.69 Å². The summed E-state index contributed by atoms with van der Waals surface area (Å²) in [5, 5.41) is 21.4. The average molecular weight is 506 g/mol. The van der Waals surface area contributed by atoms with E-state index in [4.69, 9.17) is 26.3 Å². The van der Waals surface area contributed by atoms with Crippen LogP contribution in [0.1, 0.15) is 11.4 Å². The molecule has 1 heterocycles. The van der Waals surface area contributed by atoms with Crippen molar-refractivity contribution in [2.75, 3.05) is 18.2 Å². The molecule has 10 heteroatoms. The SMILES string of the molecule is COc1ccc(Cl)cc1NC(=O)CSc1nnc(COc2ccc(C#N)cc2)n1-c1ccccc1. The minimum atomic E-state index is -0.242. The summed E-state index contributed by atoms with van der Waals surface area (Å²) in [6.07, 6.45) is 0. The third-order valence-corrected chi connectivity index (χ3v) is 6.00. The lowest BCUT2D eigenvalue weighted by Gasteiger charge is -2.12. The van der Waals surface area contributed by atoms with E-state index >= 15 is 0 Å². The van der Waals surface area contributed by atoms with Crippen molar-refractivity contribution in [3.8, 4) is 23.3 Å². The Morgan fingerprint density at radius 2 is 1.89 bits per heavy atom. The van der Waals surface area contributed by atoms with Gasteiger partial charge in [-0.1, -0.05) is 41.6 Å². The van der Waals surface area contributed by atoms with Crippen LogP contribution in [0, 0.1) is 11.3 Å². The van der Waals surface area contributed by atoms with Crippen molar-refractivity contribution in [1.82, 2.24) is 14.8 Å². The van der Waals surface area contributed by atoms with Crippen molar-refractivity contribution in [2.45, 2.75) is 11.8 Å². The summed E-state index contributed by atoms with van der Waals surface area (Å²) >= 11 is 7.30. The van der Waals surface area contributed by atoms with Gasteiger partial charge in [0.05, 0.1) is 30.2 Å². The third-order valence-electron chi connectivity index (χ3n) is 4.83. The van der Waals surface area contributed by atoms with E-state index in [0.29, 0.717) is 38.8 Å². The Bertz CT molecular complexity index is 1350. The molecule has 4 aromatic rings. The highest BCUT2D eigenvalue weighted by Crippen LogP contribution is 2.28. The molecule has 0 spiro atoms.